The van der Waals surface area contributed by atoms with E-state index in [4.69, 9.17) is 5.73 Å². The molecule has 2 aliphatic rings. The maximum atomic E-state index is 15.9. The predicted molar refractivity (Wildman–Crippen MR) is 135 cm³/mol. The zero-order valence-corrected chi connectivity index (χ0v) is 20.3. The van der Waals surface area contributed by atoms with Gasteiger partial charge in [-0.25, -0.2) is 18.0 Å². The Morgan fingerprint density at radius 1 is 1.20 bits per heavy atom. The minimum absolute atomic E-state index is 0.00879. The van der Waals surface area contributed by atoms with Gasteiger partial charge in [-0.05, 0) is 18.2 Å². The van der Waals surface area contributed by atoms with E-state index in [0.29, 0.717) is 19.2 Å². The Morgan fingerprint density at radius 2 is 1.97 bits per heavy atom. The molecule has 1 aliphatic heterocycles. The first-order valence-electron chi connectivity index (χ1n) is 10.7. The van der Waals surface area contributed by atoms with Crippen LogP contribution in [0.5, 0.6) is 0 Å². The van der Waals surface area contributed by atoms with Gasteiger partial charge < -0.3 is 20.3 Å². The molecule has 1 aromatic heterocycles. The number of allylic oxidation sites excluding steroid dienone is 2. The van der Waals surface area contributed by atoms with Gasteiger partial charge in [-0.2, -0.15) is 0 Å². The highest BCUT2D eigenvalue weighted by Gasteiger charge is 2.42. The monoisotopic (exact) mass is 593 g/mol. The van der Waals surface area contributed by atoms with E-state index in [9.17, 15) is 23.5 Å². The number of nitrogens with zero attached hydrogens (tertiary/aromatic N) is 2. The molecule has 35 heavy (non-hydrogen) atoms. The van der Waals surface area contributed by atoms with Crippen LogP contribution in [0.15, 0.2) is 59.6 Å². The van der Waals surface area contributed by atoms with E-state index in [0.717, 1.165) is 22.9 Å². The lowest BCUT2D eigenvalue weighted by atomic mass is 9.85. The van der Waals surface area contributed by atoms with E-state index in [2.05, 4.69) is 0 Å². The van der Waals surface area contributed by atoms with Gasteiger partial charge in [0.15, 0.2) is 5.82 Å². The minimum atomic E-state index is -1.54. The number of hydrogen-bond acceptors (Lipinski definition) is 4. The van der Waals surface area contributed by atoms with E-state index in [-0.39, 0.29) is 38.2 Å². The molecule has 0 bridgehead atoms. The van der Waals surface area contributed by atoms with Crippen LogP contribution in [-0.4, -0.2) is 34.3 Å². The fourth-order valence-electron chi connectivity index (χ4n) is 4.86. The lowest BCUT2D eigenvalue weighted by Crippen LogP contribution is -2.46. The van der Waals surface area contributed by atoms with E-state index in [1.54, 1.807) is 4.90 Å². The Morgan fingerprint density at radius 3 is 2.63 bits per heavy atom. The maximum Gasteiger partial charge on any atom is 0.341 e. The third kappa shape index (κ3) is 3.75. The van der Waals surface area contributed by atoms with Crippen LogP contribution in [0.1, 0.15) is 15.9 Å². The Balaban J connectivity index is 1.83. The highest BCUT2D eigenvalue weighted by Crippen LogP contribution is 2.38. The number of pyridine rings is 1. The number of halogens is 4. The van der Waals surface area contributed by atoms with Gasteiger partial charge in [-0.3, -0.25) is 4.79 Å². The molecular formula is C25H19F3IN3O3. The van der Waals surface area contributed by atoms with Crippen LogP contribution in [0.3, 0.4) is 0 Å². The van der Waals surface area contributed by atoms with Crippen molar-refractivity contribution in [1.29, 1.82) is 0 Å². The molecule has 2 heterocycles. The SMILES string of the molecule is NC12C=CC=CC1CN(c1cc3c(c(CI)c1F)c(=O)c(C(=O)O)cn3-c1ccc(F)cc1F)C2. The van der Waals surface area contributed by atoms with Gasteiger partial charge in [0.2, 0.25) is 5.43 Å². The summed E-state index contributed by atoms with van der Waals surface area (Å²) in [6, 6.07) is 4.23. The Labute approximate surface area is 211 Å². The third-order valence-corrected chi connectivity index (χ3v) is 7.38. The summed E-state index contributed by atoms with van der Waals surface area (Å²) in [7, 11) is 0. The summed E-state index contributed by atoms with van der Waals surface area (Å²) in [6.45, 7) is 0.729. The summed E-state index contributed by atoms with van der Waals surface area (Å²) in [5.74, 6) is -4.03. The molecule has 3 aromatic rings. The zero-order valence-electron chi connectivity index (χ0n) is 18.1. The summed E-state index contributed by atoms with van der Waals surface area (Å²) >= 11 is 1.90. The average Bonchev–Trinajstić information content (AvgIpc) is 3.16. The van der Waals surface area contributed by atoms with Gasteiger partial charge in [0, 0.05) is 41.3 Å². The highest BCUT2D eigenvalue weighted by atomic mass is 127. The van der Waals surface area contributed by atoms with Crippen LogP contribution < -0.4 is 16.1 Å². The number of carboxylic acid groups (broad SMARTS) is 1. The molecule has 0 spiro atoms. The Kier molecular flexibility index (Phi) is 5.75. The summed E-state index contributed by atoms with van der Waals surface area (Å²) in [4.78, 5) is 26.7. The van der Waals surface area contributed by atoms with Crippen molar-refractivity contribution < 1.29 is 23.1 Å². The molecule has 180 valence electrons. The van der Waals surface area contributed by atoms with Gasteiger partial charge >= 0.3 is 5.97 Å². The molecule has 1 fully saturated rings. The minimum Gasteiger partial charge on any atom is -0.477 e. The number of fused-ring (bicyclic) bond motifs is 2. The number of aromatic nitrogens is 1. The van der Waals surface area contributed by atoms with Crippen LogP contribution in [0, 0.1) is 23.4 Å². The summed E-state index contributed by atoms with van der Waals surface area (Å²) < 4.78 is 45.5. The first-order chi connectivity index (χ1) is 16.6. The quantitative estimate of drug-likeness (QED) is 0.348. The van der Waals surface area contributed by atoms with Crippen LogP contribution in [0.2, 0.25) is 0 Å². The Bertz CT molecular complexity index is 1520. The number of benzene rings is 2. The smallest absolute Gasteiger partial charge is 0.341 e. The molecule has 2 aromatic carbocycles. The van der Waals surface area contributed by atoms with E-state index in [1.165, 1.54) is 6.07 Å². The zero-order chi connectivity index (χ0) is 25.1. The average molecular weight is 593 g/mol. The molecular weight excluding hydrogens is 574 g/mol. The van der Waals surface area contributed by atoms with Crippen molar-refractivity contribution >= 4 is 45.2 Å². The van der Waals surface area contributed by atoms with Gasteiger partial charge in [-0.1, -0.05) is 46.9 Å². The second kappa shape index (κ2) is 8.52. The molecule has 10 heteroatoms. The van der Waals surface area contributed by atoms with E-state index < -0.39 is 40.0 Å². The first kappa shape index (κ1) is 23.6. The third-order valence-electron chi connectivity index (χ3n) is 6.62. The fourth-order valence-corrected chi connectivity index (χ4v) is 5.57. The summed E-state index contributed by atoms with van der Waals surface area (Å²) in [5, 5.41) is 9.46. The normalized spacial score (nSPS) is 21.1. The number of aromatic carboxylic acids is 1. The van der Waals surface area contributed by atoms with Gasteiger partial charge in [-0.15, -0.1) is 0 Å². The lowest BCUT2D eigenvalue weighted by molar-refractivity contribution is 0.0695. The molecule has 1 aliphatic carbocycles. The number of anilines is 1. The highest BCUT2D eigenvalue weighted by molar-refractivity contribution is 14.1. The van der Waals surface area contributed by atoms with Gasteiger partial charge in [0.05, 0.1) is 27.8 Å². The predicted octanol–water partition coefficient (Wildman–Crippen LogP) is 4.30. The maximum absolute atomic E-state index is 15.9. The van der Waals surface area contributed by atoms with Gasteiger partial charge in [0.25, 0.3) is 0 Å². The molecule has 6 nitrogen and oxygen atoms in total. The fraction of sp³-hybridized carbons (Fsp3) is 0.200. The van der Waals surface area contributed by atoms with Crippen molar-refractivity contribution in [3.8, 4) is 5.69 Å². The largest absolute Gasteiger partial charge is 0.477 e. The van der Waals surface area contributed by atoms with Crippen molar-refractivity contribution in [2.45, 2.75) is 9.97 Å². The molecule has 0 amide bonds. The van der Waals surface area contributed by atoms with Crippen LogP contribution in [0.4, 0.5) is 18.9 Å². The molecule has 2 unspecified atom stereocenters. The summed E-state index contributed by atoms with van der Waals surface area (Å²) in [6.07, 6.45) is 8.55. The molecule has 0 saturated carbocycles. The first-order valence-corrected chi connectivity index (χ1v) is 12.2. The lowest BCUT2D eigenvalue weighted by Gasteiger charge is -2.27. The number of rotatable bonds is 4. The Hall–Kier alpha value is -3.12. The van der Waals surface area contributed by atoms with Crippen molar-refractivity contribution in [3.63, 3.8) is 0 Å². The molecule has 0 radical (unpaired) electrons. The molecule has 3 N–H and O–H groups in total. The second-order valence-electron chi connectivity index (χ2n) is 8.70. The standard InChI is InChI=1S/C25H19F3IN3O3/c26-14-4-5-18(17(27)7-14)32-11-16(24(34)35)23(33)21-15(9-29)22(28)20(8-19(21)32)31-10-13-3-1-2-6-25(13,30)12-31/h1-8,11,13H,9-10,12,30H2,(H,34,35). The van der Waals surface area contributed by atoms with Crippen LogP contribution in [0.25, 0.3) is 16.6 Å². The molecule has 1 saturated heterocycles. The van der Waals surface area contributed by atoms with Crippen molar-refractivity contribution in [2.24, 2.45) is 11.7 Å². The van der Waals surface area contributed by atoms with Crippen LogP contribution in [-0.2, 0) is 4.43 Å². The number of hydrogen-bond donors (Lipinski definition) is 2. The molecule has 5 rings (SSSR count). The van der Waals surface area contributed by atoms with Crippen LogP contribution >= 0.6 is 22.6 Å². The topological polar surface area (TPSA) is 88.6 Å². The van der Waals surface area contributed by atoms with E-state index in [1.807, 2.05) is 46.9 Å². The number of carboxylic acids is 1. The van der Waals surface area contributed by atoms with E-state index >= 15 is 4.39 Å². The molecule has 2 atom stereocenters. The second-order valence-corrected chi connectivity index (χ2v) is 9.46. The van der Waals surface area contributed by atoms with Crippen molar-refractivity contribution in [1.82, 2.24) is 4.57 Å². The number of carbonyl (C=O) groups is 1. The number of nitrogens with two attached hydrogens (primary N) is 1. The van der Waals surface area contributed by atoms with Gasteiger partial charge in [0.1, 0.15) is 17.2 Å². The summed E-state index contributed by atoms with van der Waals surface area (Å²) in [5.41, 5.74) is 4.44. The number of alkyl halides is 1. The van der Waals surface area contributed by atoms with Crippen molar-refractivity contribution in [3.05, 3.63) is 93.6 Å². The van der Waals surface area contributed by atoms with Crippen molar-refractivity contribution in [2.75, 3.05) is 18.0 Å².